The predicted octanol–water partition coefficient (Wildman–Crippen LogP) is 6.25. The van der Waals surface area contributed by atoms with Gasteiger partial charge < -0.3 is 19.1 Å². The molecule has 1 atom stereocenters. The summed E-state index contributed by atoms with van der Waals surface area (Å²) in [6.07, 6.45) is -0.121. The van der Waals surface area contributed by atoms with Crippen LogP contribution in [0, 0.1) is 34.2 Å². The van der Waals surface area contributed by atoms with Crippen molar-refractivity contribution < 1.29 is 32.5 Å². The maximum absolute atomic E-state index is 15.6. The number of nitriles is 1. The minimum absolute atomic E-state index is 0.00221. The van der Waals surface area contributed by atoms with Gasteiger partial charge >= 0.3 is 5.97 Å². The molecule has 228 valence electrons. The lowest BCUT2D eigenvalue weighted by Gasteiger charge is -2.27. The number of hydrogen-bond acceptors (Lipinski definition) is 7. The van der Waals surface area contributed by atoms with Crippen molar-refractivity contribution in [2.75, 3.05) is 13.2 Å². The van der Waals surface area contributed by atoms with Gasteiger partial charge in [0.15, 0.2) is 17.2 Å². The molecule has 1 aliphatic rings. The number of pyridine rings is 2. The highest BCUT2D eigenvalue weighted by Crippen LogP contribution is 2.40. The van der Waals surface area contributed by atoms with Gasteiger partial charge in [-0.15, -0.1) is 0 Å². The van der Waals surface area contributed by atoms with E-state index in [0.717, 1.165) is 18.2 Å². The molecule has 45 heavy (non-hydrogen) atoms. The Bertz CT molecular complexity index is 1990. The van der Waals surface area contributed by atoms with E-state index in [1.54, 1.807) is 28.8 Å². The highest BCUT2D eigenvalue weighted by molar-refractivity contribution is 5.88. The van der Waals surface area contributed by atoms with Crippen LogP contribution in [0.2, 0.25) is 0 Å². The SMILES string of the molecule is CC1(C)COC[C@H]1n1c(Cc2cc(F)c(-c3ccc(F)c(OCc4ccc(C#N)cc4)n3)cc2F)nc2ccc(C(=O)O)nc21. The molecule has 1 N–H and O–H groups in total. The van der Waals surface area contributed by atoms with Gasteiger partial charge in [0.1, 0.15) is 29.6 Å². The van der Waals surface area contributed by atoms with Gasteiger partial charge in [0.25, 0.3) is 5.88 Å². The molecule has 6 rings (SSSR count). The van der Waals surface area contributed by atoms with Gasteiger partial charge in [-0.2, -0.15) is 5.26 Å². The molecule has 5 aromatic rings. The van der Waals surface area contributed by atoms with E-state index in [9.17, 15) is 14.3 Å². The number of hydrogen-bond donors (Lipinski definition) is 1. The standard InChI is InChI=1S/C33H26F3N5O4/c1-33(2)17-44-16-28(33)41-29(38-26-9-10-27(32(42)43)39-30(26)41)12-20-11-24(36)21(13-23(20)35)25-8-7-22(34)31(40-25)45-15-19-5-3-18(14-37)4-6-19/h3-11,13,28H,12,15-17H2,1-2H3,(H,42,43)/t28-/m1/s1. The van der Waals surface area contributed by atoms with E-state index in [1.807, 2.05) is 19.9 Å². The number of nitrogens with zero attached hydrogens (tertiary/aromatic N) is 5. The van der Waals surface area contributed by atoms with Crippen molar-refractivity contribution in [3.63, 3.8) is 0 Å². The zero-order valence-corrected chi connectivity index (χ0v) is 24.2. The van der Waals surface area contributed by atoms with E-state index >= 15 is 8.78 Å². The van der Waals surface area contributed by atoms with E-state index in [2.05, 4.69) is 15.0 Å². The Balaban J connectivity index is 1.32. The highest BCUT2D eigenvalue weighted by Gasteiger charge is 2.39. The number of carboxylic acids is 1. The number of aromatic carboxylic acids is 1. The van der Waals surface area contributed by atoms with E-state index in [0.29, 0.717) is 41.3 Å². The van der Waals surface area contributed by atoms with Crippen molar-refractivity contribution in [1.82, 2.24) is 19.5 Å². The molecule has 3 aromatic heterocycles. The predicted molar refractivity (Wildman–Crippen MR) is 156 cm³/mol. The zero-order chi connectivity index (χ0) is 31.9. The molecule has 1 saturated heterocycles. The van der Waals surface area contributed by atoms with Crippen LogP contribution in [0.1, 0.15) is 52.9 Å². The normalized spacial score (nSPS) is 15.7. The number of benzene rings is 2. The number of carbonyl (C=O) groups is 1. The summed E-state index contributed by atoms with van der Waals surface area (Å²) < 4.78 is 58.7. The fraction of sp³-hybridized carbons (Fsp3) is 0.242. The van der Waals surface area contributed by atoms with Crippen molar-refractivity contribution in [3.8, 4) is 23.2 Å². The molecule has 2 aromatic carbocycles. The minimum atomic E-state index is -1.20. The average Bonchev–Trinajstić information content (AvgIpc) is 3.55. The molecule has 9 nitrogen and oxygen atoms in total. The number of rotatable bonds is 8. The molecule has 1 aliphatic heterocycles. The third-order valence-electron chi connectivity index (χ3n) is 7.83. The van der Waals surface area contributed by atoms with Gasteiger partial charge in [0, 0.05) is 17.4 Å². The summed E-state index contributed by atoms with van der Waals surface area (Å²) in [5.74, 6) is -3.52. The Kier molecular flexibility index (Phi) is 7.72. The summed E-state index contributed by atoms with van der Waals surface area (Å²) in [5, 5.41) is 18.5. The minimum Gasteiger partial charge on any atom is -0.477 e. The Labute approximate surface area is 255 Å². The first kappa shape index (κ1) is 29.8. The van der Waals surface area contributed by atoms with Crippen LogP contribution in [0.25, 0.3) is 22.4 Å². The van der Waals surface area contributed by atoms with Gasteiger partial charge in [-0.05, 0) is 59.7 Å². The monoisotopic (exact) mass is 613 g/mol. The number of fused-ring (bicyclic) bond motifs is 1. The van der Waals surface area contributed by atoms with Crippen molar-refractivity contribution in [3.05, 3.63) is 106 Å². The maximum Gasteiger partial charge on any atom is 0.354 e. The largest absolute Gasteiger partial charge is 0.477 e. The van der Waals surface area contributed by atoms with Gasteiger partial charge in [-0.25, -0.2) is 32.9 Å². The third kappa shape index (κ3) is 5.82. The smallest absolute Gasteiger partial charge is 0.354 e. The summed E-state index contributed by atoms with van der Waals surface area (Å²) in [5.41, 5.74) is 1.10. The Hall–Kier alpha value is -5.28. The van der Waals surface area contributed by atoms with Crippen LogP contribution >= 0.6 is 0 Å². The molecule has 0 amide bonds. The second-order valence-corrected chi connectivity index (χ2v) is 11.4. The van der Waals surface area contributed by atoms with Crippen LogP contribution in [-0.2, 0) is 17.8 Å². The average molecular weight is 614 g/mol. The second kappa shape index (κ2) is 11.7. The summed E-state index contributed by atoms with van der Waals surface area (Å²) >= 11 is 0. The number of halogens is 3. The Morgan fingerprint density at radius 3 is 2.51 bits per heavy atom. The van der Waals surface area contributed by atoms with E-state index in [4.69, 9.17) is 14.7 Å². The van der Waals surface area contributed by atoms with Gasteiger partial charge in [0.05, 0.1) is 36.6 Å². The molecule has 0 bridgehead atoms. The first-order valence-corrected chi connectivity index (χ1v) is 14.0. The fourth-order valence-electron chi connectivity index (χ4n) is 5.36. The van der Waals surface area contributed by atoms with Crippen molar-refractivity contribution in [1.29, 1.82) is 5.26 Å². The number of carboxylic acid groups (broad SMARTS) is 1. The first-order chi connectivity index (χ1) is 21.5. The lowest BCUT2D eigenvalue weighted by molar-refractivity contribution is 0.0690. The number of aromatic nitrogens is 4. The maximum atomic E-state index is 15.6. The van der Waals surface area contributed by atoms with E-state index in [-0.39, 0.29) is 52.9 Å². The van der Waals surface area contributed by atoms with Crippen LogP contribution in [0.5, 0.6) is 5.88 Å². The Morgan fingerprint density at radius 1 is 1.04 bits per heavy atom. The summed E-state index contributed by atoms with van der Waals surface area (Å²) in [4.78, 5) is 24.7. The van der Waals surface area contributed by atoms with Crippen LogP contribution < -0.4 is 4.74 Å². The molecule has 4 heterocycles. The van der Waals surface area contributed by atoms with Crippen molar-refractivity contribution >= 4 is 17.1 Å². The first-order valence-electron chi connectivity index (χ1n) is 14.0. The third-order valence-corrected chi connectivity index (χ3v) is 7.83. The summed E-state index contributed by atoms with van der Waals surface area (Å²) in [6, 6.07) is 15.4. The van der Waals surface area contributed by atoms with Crippen LogP contribution in [0.4, 0.5) is 13.2 Å². The van der Waals surface area contributed by atoms with Crippen LogP contribution in [0.3, 0.4) is 0 Å². The molecule has 12 heteroatoms. The molecule has 0 spiro atoms. The van der Waals surface area contributed by atoms with Gasteiger partial charge in [-0.1, -0.05) is 26.0 Å². The Morgan fingerprint density at radius 2 is 1.82 bits per heavy atom. The van der Waals surface area contributed by atoms with E-state index < -0.39 is 23.4 Å². The second-order valence-electron chi connectivity index (χ2n) is 11.4. The number of ether oxygens (including phenoxy) is 2. The number of imidazole rings is 1. The molecule has 0 radical (unpaired) electrons. The molecule has 0 unspecified atom stereocenters. The summed E-state index contributed by atoms with van der Waals surface area (Å²) in [6.45, 7) is 4.69. The lowest BCUT2D eigenvalue weighted by Crippen LogP contribution is -2.27. The fourth-order valence-corrected chi connectivity index (χ4v) is 5.36. The molecule has 0 aliphatic carbocycles. The highest BCUT2D eigenvalue weighted by atomic mass is 19.1. The summed E-state index contributed by atoms with van der Waals surface area (Å²) in [7, 11) is 0. The van der Waals surface area contributed by atoms with Crippen LogP contribution in [-0.4, -0.2) is 43.8 Å². The van der Waals surface area contributed by atoms with Crippen LogP contribution in [0.15, 0.2) is 60.7 Å². The molecular weight excluding hydrogens is 587 g/mol. The lowest BCUT2D eigenvalue weighted by atomic mass is 9.87. The topological polar surface area (TPSA) is 123 Å². The molecular formula is C33H26F3N5O4. The van der Waals surface area contributed by atoms with Gasteiger partial charge in [0.2, 0.25) is 0 Å². The quantitative estimate of drug-likeness (QED) is 0.218. The molecule has 0 saturated carbocycles. The van der Waals surface area contributed by atoms with E-state index in [1.165, 1.54) is 18.2 Å². The molecule has 1 fully saturated rings. The van der Waals surface area contributed by atoms with Gasteiger partial charge in [-0.3, -0.25) is 0 Å². The van der Waals surface area contributed by atoms with Crippen molar-refractivity contribution in [2.24, 2.45) is 5.41 Å². The van der Waals surface area contributed by atoms with Crippen molar-refractivity contribution in [2.45, 2.75) is 32.9 Å². The zero-order valence-electron chi connectivity index (χ0n) is 24.2.